The van der Waals surface area contributed by atoms with Gasteiger partial charge in [-0.25, -0.2) is 0 Å². The fraction of sp³-hybridized carbons (Fsp3) is 0.778. The molecule has 1 saturated carbocycles. The summed E-state index contributed by atoms with van der Waals surface area (Å²) in [5.74, 6) is -2.92. The molecule has 0 N–H and O–H groups in total. The monoisotopic (exact) mass is 379 g/mol. The first-order valence-electron chi connectivity index (χ1n) is 9.23. The first-order valence-corrected chi connectivity index (χ1v) is 10.5. The quantitative estimate of drug-likeness (QED) is 0.526. The van der Waals surface area contributed by atoms with E-state index in [1.165, 1.54) is 18.8 Å². The Kier molecular flexibility index (Phi) is 3.75. The van der Waals surface area contributed by atoms with E-state index in [0.717, 1.165) is 37.0 Å². The molecule has 5 fully saturated rings. The highest BCUT2D eigenvalue weighted by atomic mass is 32.2. The van der Waals surface area contributed by atoms with E-state index in [-0.39, 0.29) is 23.8 Å². The third-order valence-corrected chi connectivity index (χ3v) is 8.36. The second-order valence-corrected chi connectivity index (χ2v) is 9.10. The molecule has 0 spiro atoms. The summed E-state index contributed by atoms with van der Waals surface area (Å²) in [5.41, 5.74) is -1.49. The summed E-state index contributed by atoms with van der Waals surface area (Å²) in [5, 5.41) is 0. The lowest BCUT2D eigenvalue weighted by atomic mass is 9.61. The Morgan fingerprint density at radius 1 is 0.923 bits per heavy atom. The summed E-state index contributed by atoms with van der Waals surface area (Å²) in [6, 6.07) is 0.00772. The van der Waals surface area contributed by atoms with Gasteiger partial charge < -0.3 is 9.80 Å². The fourth-order valence-electron chi connectivity index (χ4n) is 5.67. The Labute approximate surface area is 157 Å². The molecule has 2 bridgehead atoms. The number of carbonyl (C=O) groups excluding carboxylic acids is 4. The van der Waals surface area contributed by atoms with Gasteiger partial charge in [0.25, 0.3) is 0 Å². The van der Waals surface area contributed by atoms with Crippen LogP contribution in [0, 0.1) is 17.3 Å². The zero-order chi connectivity index (χ0) is 19.0. The predicted molar refractivity (Wildman–Crippen MR) is 95.6 cm³/mol. The van der Waals surface area contributed by atoms with Gasteiger partial charge in [0.05, 0.1) is 5.92 Å². The maximum atomic E-state index is 13.6. The van der Waals surface area contributed by atoms with E-state index in [9.17, 15) is 19.2 Å². The van der Waals surface area contributed by atoms with Gasteiger partial charge in [-0.1, -0.05) is 19.3 Å². The molecule has 4 heterocycles. The van der Waals surface area contributed by atoms with Gasteiger partial charge in [0.1, 0.15) is 11.3 Å². The number of hydrogen-bond acceptors (Lipinski definition) is 5. The number of fused-ring (bicyclic) bond motifs is 2. The van der Waals surface area contributed by atoms with Crippen molar-refractivity contribution in [2.75, 3.05) is 20.4 Å². The Hall–Kier alpha value is -1.57. The van der Waals surface area contributed by atoms with Crippen LogP contribution in [0.1, 0.15) is 39.0 Å². The van der Waals surface area contributed by atoms with Gasteiger partial charge in [-0.15, -0.1) is 11.8 Å². The highest BCUT2D eigenvalue weighted by Gasteiger charge is 2.80. The van der Waals surface area contributed by atoms with Crippen LogP contribution in [0.2, 0.25) is 0 Å². The Morgan fingerprint density at radius 3 is 2.08 bits per heavy atom. The van der Waals surface area contributed by atoms with Gasteiger partial charge in [0, 0.05) is 20.1 Å². The standard InChI is InChI=1S/C18H25N3O4S/c1-17-11-12(14(23)19(2)13(11)22)18(26-4,20(3)15(17)24)21(16(17)25)10-8-6-5-7-9-10/h10-12H,5-9H2,1-4H3/t11-,12+,17+,18+/m0/s1. The van der Waals surface area contributed by atoms with E-state index in [2.05, 4.69) is 0 Å². The third kappa shape index (κ3) is 1.72. The molecule has 1 aliphatic carbocycles. The molecule has 142 valence electrons. The molecule has 0 aromatic heterocycles. The number of amides is 4. The van der Waals surface area contributed by atoms with E-state index in [1.54, 1.807) is 18.9 Å². The molecule has 0 aromatic rings. The number of hydrogen-bond donors (Lipinski definition) is 0. The molecule has 4 saturated heterocycles. The maximum absolute atomic E-state index is 13.6. The van der Waals surface area contributed by atoms with Crippen molar-refractivity contribution in [1.29, 1.82) is 0 Å². The average Bonchev–Trinajstić information content (AvgIpc) is 2.88. The molecule has 0 aromatic carbocycles. The van der Waals surface area contributed by atoms with Crippen LogP contribution in [0.4, 0.5) is 0 Å². The van der Waals surface area contributed by atoms with Crippen molar-refractivity contribution < 1.29 is 19.2 Å². The fourth-order valence-corrected chi connectivity index (χ4v) is 6.94. The minimum absolute atomic E-state index is 0.00772. The van der Waals surface area contributed by atoms with Crippen LogP contribution in [0.3, 0.4) is 0 Å². The Balaban J connectivity index is 1.95. The zero-order valence-electron chi connectivity index (χ0n) is 15.7. The zero-order valence-corrected chi connectivity index (χ0v) is 16.5. The molecular weight excluding hydrogens is 354 g/mol. The van der Waals surface area contributed by atoms with Gasteiger partial charge >= 0.3 is 0 Å². The predicted octanol–water partition coefficient (Wildman–Crippen LogP) is 0.887. The molecular formula is C18H25N3O4S. The summed E-state index contributed by atoms with van der Waals surface area (Å²) in [7, 11) is 3.13. The largest absolute Gasteiger partial charge is 0.312 e. The second-order valence-electron chi connectivity index (χ2n) is 8.09. The number of nitrogens with zero attached hydrogens (tertiary/aromatic N) is 3. The van der Waals surface area contributed by atoms with Gasteiger partial charge in [0.15, 0.2) is 4.99 Å². The van der Waals surface area contributed by atoms with Crippen LogP contribution in [-0.4, -0.2) is 69.7 Å². The minimum atomic E-state index is -1.49. The maximum Gasteiger partial charge on any atom is 0.241 e. The van der Waals surface area contributed by atoms with E-state index >= 15 is 0 Å². The Bertz CT molecular complexity index is 721. The number of piperidine rings is 2. The summed E-state index contributed by atoms with van der Waals surface area (Å²) < 4.78 is 0. The van der Waals surface area contributed by atoms with Gasteiger partial charge in [-0.05, 0) is 26.0 Å². The van der Waals surface area contributed by atoms with Gasteiger partial charge in [0.2, 0.25) is 23.6 Å². The number of thioether (sulfide) groups is 1. The smallest absolute Gasteiger partial charge is 0.241 e. The summed E-state index contributed by atoms with van der Waals surface area (Å²) >= 11 is 1.34. The molecule has 0 radical (unpaired) electrons. The van der Waals surface area contributed by atoms with Crippen LogP contribution in [-0.2, 0) is 19.2 Å². The molecule has 5 aliphatic rings. The topological polar surface area (TPSA) is 78.0 Å². The van der Waals surface area contributed by atoms with Gasteiger partial charge in [-0.2, -0.15) is 0 Å². The van der Waals surface area contributed by atoms with Crippen molar-refractivity contribution in [3.05, 3.63) is 0 Å². The van der Waals surface area contributed by atoms with Crippen LogP contribution in [0.15, 0.2) is 0 Å². The van der Waals surface area contributed by atoms with Crippen molar-refractivity contribution in [2.24, 2.45) is 17.3 Å². The number of carbonyl (C=O) groups is 4. The molecule has 8 heteroatoms. The molecule has 5 rings (SSSR count). The lowest BCUT2D eigenvalue weighted by Gasteiger charge is -2.66. The molecule has 4 amide bonds. The lowest BCUT2D eigenvalue weighted by molar-refractivity contribution is -0.211. The van der Waals surface area contributed by atoms with Crippen LogP contribution >= 0.6 is 11.8 Å². The highest BCUT2D eigenvalue weighted by Crippen LogP contribution is 2.62. The van der Waals surface area contributed by atoms with Crippen molar-refractivity contribution in [3.8, 4) is 0 Å². The van der Waals surface area contributed by atoms with Crippen molar-refractivity contribution in [1.82, 2.24) is 14.7 Å². The van der Waals surface area contributed by atoms with Crippen molar-refractivity contribution >= 4 is 35.4 Å². The van der Waals surface area contributed by atoms with E-state index in [0.29, 0.717) is 0 Å². The minimum Gasteiger partial charge on any atom is -0.312 e. The van der Waals surface area contributed by atoms with Crippen LogP contribution < -0.4 is 0 Å². The van der Waals surface area contributed by atoms with Crippen molar-refractivity contribution in [3.63, 3.8) is 0 Å². The summed E-state index contributed by atoms with van der Waals surface area (Å²) in [6.45, 7) is 1.56. The number of likely N-dealkylation sites (tertiary alicyclic amines) is 1. The van der Waals surface area contributed by atoms with E-state index in [4.69, 9.17) is 0 Å². The van der Waals surface area contributed by atoms with Crippen molar-refractivity contribution in [2.45, 2.75) is 50.1 Å². The number of rotatable bonds is 2. The molecule has 4 aliphatic heterocycles. The molecule has 0 unspecified atom stereocenters. The SMILES string of the molecule is CS[C@]12[C@H]3C(=O)N(C)C(=O)[C@H]3[C@](C)(C(=O)N1C)C(=O)N2C1CCCCC1. The third-order valence-electron chi connectivity index (χ3n) is 7.03. The average molecular weight is 379 g/mol. The first-order chi connectivity index (χ1) is 12.2. The summed E-state index contributed by atoms with van der Waals surface area (Å²) in [6.07, 6.45) is 6.79. The summed E-state index contributed by atoms with van der Waals surface area (Å²) in [4.78, 5) is 56.1. The van der Waals surface area contributed by atoms with E-state index in [1.807, 2.05) is 11.2 Å². The molecule has 7 nitrogen and oxygen atoms in total. The number of imide groups is 1. The van der Waals surface area contributed by atoms with E-state index < -0.39 is 28.2 Å². The highest BCUT2D eigenvalue weighted by molar-refractivity contribution is 8.00. The van der Waals surface area contributed by atoms with Crippen LogP contribution in [0.25, 0.3) is 0 Å². The molecule has 4 atom stereocenters. The first kappa shape index (κ1) is 17.8. The normalized spacial score (nSPS) is 40.7. The second kappa shape index (κ2) is 5.47. The molecule has 26 heavy (non-hydrogen) atoms. The lowest BCUT2D eigenvalue weighted by Crippen LogP contribution is -2.83. The Morgan fingerprint density at radius 2 is 1.50 bits per heavy atom. The van der Waals surface area contributed by atoms with Gasteiger partial charge in [-0.3, -0.25) is 24.1 Å². The van der Waals surface area contributed by atoms with Crippen LogP contribution in [0.5, 0.6) is 0 Å².